The van der Waals surface area contributed by atoms with Crippen LogP contribution in [0.25, 0.3) is 22.0 Å². The van der Waals surface area contributed by atoms with Gasteiger partial charge in [0.1, 0.15) is 11.9 Å². The number of rotatable bonds is 21. The Kier molecular flexibility index (Phi) is 18.0. The minimum absolute atomic E-state index is 0.00663. The van der Waals surface area contributed by atoms with Crippen molar-refractivity contribution in [1.82, 2.24) is 25.8 Å². The molecule has 0 unspecified atom stereocenters. The van der Waals surface area contributed by atoms with Crippen LogP contribution in [0, 0.1) is 0 Å². The van der Waals surface area contributed by atoms with Gasteiger partial charge in [0, 0.05) is 68.7 Å². The molecule has 4 aromatic carbocycles. The van der Waals surface area contributed by atoms with Gasteiger partial charge in [0.05, 0.1) is 23.7 Å². The standard InChI is InChI=1S/C53H70N6O7Si/c1-37(56-36-47(66-67(5,6)53(2,3)4)43-21-23-46(60)51-44(43)22-24-49(62)58-51)33-38-15-14-16-39(34-38)35-50(63)55-29-13-12-28-54-48(61)27-32-59-30-25-41(26-31-59)65-52(64)57-45-20-11-10-19-42(45)40-17-8-7-9-18-40/h7-11,14-24,34,37,41,47,56,60H,12-13,25-33,35-36H2,1-6H3,(H,54,61)(H,55,63)(H,57,64)(H,58,62)/t37-,47-/m0/s1. The van der Waals surface area contributed by atoms with E-state index in [1.165, 1.54) is 6.07 Å². The van der Waals surface area contributed by atoms with Gasteiger partial charge in [-0.15, -0.1) is 0 Å². The number of benzene rings is 4. The molecule has 6 rings (SSSR count). The first kappa shape index (κ1) is 50.6. The zero-order chi connectivity index (χ0) is 48.0. The summed E-state index contributed by atoms with van der Waals surface area (Å²) in [4.78, 5) is 55.4. The van der Waals surface area contributed by atoms with E-state index in [1.54, 1.807) is 12.1 Å². The predicted molar refractivity (Wildman–Crippen MR) is 270 cm³/mol. The summed E-state index contributed by atoms with van der Waals surface area (Å²) in [7, 11) is -2.22. The molecule has 6 N–H and O–H groups in total. The van der Waals surface area contributed by atoms with E-state index < -0.39 is 14.4 Å². The Labute approximate surface area is 396 Å². The third-order valence-corrected chi connectivity index (χ3v) is 17.5. The number of fused-ring (bicyclic) bond motifs is 1. The molecule has 5 aromatic rings. The number of nitrogens with zero attached hydrogens (tertiary/aromatic N) is 1. The van der Waals surface area contributed by atoms with E-state index in [2.05, 4.69) is 84.1 Å². The van der Waals surface area contributed by atoms with E-state index >= 15 is 0 Å². The normalized spacial score (nSPS) is 14.6. The summed E-state index contributed by atoms with van der Waals surface area (Å²) in [5.74, 6) is -0.00938. The van der Waals surface area contributed by atoms with E-state index in [-0.39, 0.29) is 52.8 Å². The first-order valence-corrected chi connectivity index (χ1v) is 26.7. The Balaban J connectivity index is 0.851. The molecule has 1 aliphatic heterocycles. The molecule has 1 fully saturated rings. The van der Waals surface area contributed by atoms with Crippen LogP contribution in [0.15, 0.2) is 108 Å². The third-order valence-electron chi connectivity index (χ3n) is 13.0. The number of carbonyl (C=O) groups is 3. The van der Waals surface area contributed by atoms with E-state index in [0.29, 0.717) is 56.6 Å². The van der Waals surface area contributed by atoms with Gasteiger partial charge in [0.25, 0.3) is 0 Å². The van der Waals surface area contributed by atoms with E-state index in [9.17, 15) is 24.3 Å². The summed E-state index contributed by atoms with van der Waals surface area (Å²) in [5, 5.41) is 23.9. The van der Waals surface area contributed by atoms with Gasteiger partial charge in [-0.05, 0) is 97.6 Å². The van der Waals surface area contributed by atoms with Crippen LogP contribution in [-0.2, 0) is 31.6 Å². The Morgan fingerprint density at radius 1 is 0.851 bits per heavy atom. The fourth-order valence-corrected chi connectivity index (χ4v) is 9.47. The molecule has 2 atom stereocenters. The average molecular weight is 931 g/mol. The molecule has 0 aliphatic carbocycles. The molecule has 1 saturated heterocycles. The zero-order valence-corrected chi connectivity index (χ0v) is 41.1. The topological polar surface area (TPSA) is 174 Å². The fraction of sp³-hybridized carbons (Fsp3) is 0.434. The number of amides is 3. The van der Waals surface area contributed by atoms with E-state index in [1.807, 2.05) is 72.8 Å². The minimum atomic E-state index is -2.22. The van der Waals surface area contributed by atoms with Crippen LogP contribution in [0.2, 0.25) is 18.1 Å². The molecule has 1 aromatic heterocycles. The highest BCUT2D eigenvalue weighted by Gasteiger charge is 2.40. The number of carbonyl (C=O) groups excluding carboxylic acids is 3. The molecular weight excluding hydrogens is 861 g/mol. The highest BCUT2D eigenvalue weighted by molar-refractivity contribution is 6.74. The molecule has 1 aliphatic rings. The number of nitrogens with one attached hydrogen (secondary N) is 5. The maximum Gasteiger partial charge on any atom is 0.411 e. The lowest BCUT2D eigenvalue weighted by molar-refractivity contribution is -0.122. The predicted octanol–water partition coefficient (Wildman–Crippen LogP) is 8.84. The highest BCUT2D eigenvalue weighted by Crippen LogP contribution is 2.41. The molecule has 3 amide bonds. The molecular formula is C53H70N6O7Si. The number of hydrogen-bond acceptors (Lipinski definition) is 9. The summed E-state index contributed by atoms with van der Waals surface area (Å²) in [6.07, 6.45) is 3.43. The number of pyridine rings is 1. The number of aromatic nitrogens is 1. The van der Waals surface area contributed by atoms with Crippen molar-refractivity contribution < 1.29 is 28.7 Å². The highest BCUT2D eigenvalue weighted by atomic mass is 28.4. The molecule has 2 heterocycles. The Bertz CT molecular complexity index is 2480. The molecule has 13 nitrogen and oxygen atoms in total. The molecule has 0 radical (unpaired) electrons. The van der Waals surface area contributed by atoms with Gasteiger partial charge in [-0.2, -0.15) is 0 Å². The van der Waals surface area contributed by atoms with E-state index in [0.717, 1.165) is 65.6 Å². The number of phenolic OH excluding ortho intramolecular Hbond substituents is 1. The van der Waals surface area contributed by atoms with Gasteiger partial charge >= 0.3 is 6.09 Å². The number of H-pyrrole nitrogens is 1. The summed E-state index contributed by atoms with van der Waals surface area (Å²) in [6.45, 7) is 17.0. The number of anilines is 1. The Hall–Kier alpha value is -5.80. The van der Waals surface area contributed by atoms with Crippen LogP contribution in [-0.4, -0.2) is 92.6 Å². The van der Waals surface area contributed by atoms with Gasteiger partial charge in [-0.1, -0.05) is 99.6 Å². The summed E-state index contributed by atoms with van der Waals surface area (Å²) >= 11 is 0. The van der Waals surface area contributed by atoms with Crippen molar-refractivity contribution in [2.45, 2.75) is 109 Å². The number of phenols is 1. The molecule has 67 heavy (non-hydrogen) atoms. The Morgan fingerprint density at radius 2 is 1.54 bits per heavy atom. The van der Waals surface area contributed by atoms with Crippen molar-refractivity contribution in [1.29, 1.82) is 0 Å². The smallest absolute Gasteiger partial charge is 0.411 e. The first-order valence-electron chi connectivity index (χ1n) is 23.8. The van der Waals surface area contributed by atoms with Crippen LogP contribution >= 0.6 is 0 Å². The SMILES string of the molecule is C[C@@H](Cc1cccc(CC(=O)NCCCCNC(=O)CCN2CCC(OC(=O)Nc3ccccc3-c3ccccc3)CC2)c1)NC[C@H](O[Si](C)(C)C(C)(C)C)c1ccc(O)c2[nH]c(=O)ccc12. The lowest BCUT2D eigenvalue weighted by Crippen LogP contribution is -2.44. The lowest BCUT2D eigenvalue weighted by Gasteiger charge is -2.40. The van der Waals surface area contributed by atoms with Crippen molar-refractivity contribution in [3.8, 4) is 16.9 Å². The molecule has 14 heteroatoms. The van der Waals surface area contributed by atoms with Gasteiger partial charge in [0.15, 0.2) is 8.32 Å². The third kappa shape index (κ3) is 15.1. The number of ether oxygens (including phenoxy) is 1. The summed E-state index contributed by atoms with van der Waals surface area (Å²) < 4.78 is 12.7. The van der Waals surface area contributed by atoms with Gasteiger partial charge in [-0.25, -0.2) is 4.79 Å². The van der Waals surface area contributed by atoms with Gasteiger partial charge < -0.3 is 40.1 Å². The van der Waals surface area contributed by atoms with Crippen molar-refractivity contribution in [3.63, 3.8) is 0 Å². The molecule has 358 valence electrons. The molecule has 0 bridgehead atoms. The average Bonchev–Trinajstić information content (AvgIpc) is 3.29. The molecule has 0 spiro atoms. The maximum atomic E-state index is 12.9. The van der Waals surface area contributed by atoms with Crippen molar-refractivity contribution in [2.75, 3.05) is 44.6 Å². The van der Waals surface area contributed by atoms with E-state index in [4.69, 9.17) is 9.16 Å². The van der Waals surface area contributed by atoms with Crippen LogP contribution in [0.1, 0.15) is 82.6 Å². The van der Waals surface area contributed by atoms with Crippen LogP contribution in [0.3, 0.4) is 0 Å². The van der Waals surface area contributed by atoms with Gasteiger partial charge in [0.2, 0.25) is 17.4 Å². The summed E-state index contributed by atoms with van der Waals surface area (Å²) in [5.41, 5.74) is 5.76. The second kappa shape index (κ2) is 23.8. The monoisotopic (exact) mass is 931 g/mol. The molecule has 0 saturated carbocycles. The number of aromatic amines is 1. The zero-order valence-electron chi connectivity index (χ0n) is 40.1. The minimum Gasteiger partial charge on any atom is -0.506 e. The number of para-hydroxylation sites is 1. The number of piperidine rings is 1. The van der Waals surface area contributed by atoms with Crippen LogP contribution in [0.4, 0.5) is 10.5 Å². The quantitative estimate of drug-likeness (QED) is 0.0311. The van der Waals surface area contributed by atoms with Crippen molar-refractivity contribution in [3.05, 3.63) is 130 Å². The van der Waals surface area contributed by atoms with Crippen LogP contribution in [0.5, 0.6) is 5.75 Å². The number of hydrogen-bond donors (Lipinski definition) is 6. The number of unbranched alkanes of at least 4 members (excludes halogenated alkanes) is 1. The second-order valence-electron chi connectivity index (χ2n) is 19.3. The first-order chi connectivity index (χ1) is 32.0. The largest absolute Gasteiger partial charge is 0.506 e. The maximum absolute atomic E-state index is 12.9. The second-order valence-corrected chi connectivity index (χ2v) is 24.1. The van der Waals surface area contributed by atoms with Crippen molar-refractivity contribution in [2.24, 2.45) is 0 Å². The van der Waals surface area contributed by atoms with Crippen LogP contribution < -0.4 is 26.8 Å². The number of aromatic hydroxyl groups is 1. The Morgan fingerprint density at radius 3 is 2.27 bits per heavy atom. The number of likely N-dealkylation sites (tertiary alicyclic amines) is 1. The fourth-order valence-electron chi connectivity index (χ4n) is 8.19. The van der Waals surface area contributed by atoms with Gasteiger partial charge in [-0.3, -0.25) is 19.7 Å². The van der Waals surface area contributed by atoms with Crippen molar-refractivity contribution >= 4 is 42.8 Å². The lowest BCUT2D eigenvalue weighted by atomic mass is 10.0. The summed E-state index contributed by atoms with van der Waals surface area (Å²) in [6, 6.07) is 32.6.